The molecule has 12 heteroatoms. The van der Waals surface area contributed by atoms with Crippen molar-refractivity contribution in [2.75, 3.05) is 5.32 Å². The quantitative estimate of drug-likeness (QED) is 0.377. The van der Waals surface area contributed by atoms with E-state index in [0.29, 0.717) is 27.9 Å². The number of rotatable bonds is 8. The van der Waals surface area contributed by atoms with Crippen molar-refractivity contribution >= 4 is 29.2 Å². The number of hydrogen-bond acceptors (Lipinski definition) is 8. The van der Waals surface area contributed by atoms with Crippen LogP contribution in [0.2, 0.25) is 5.02 Å². The molecule has 0 aliphatic carbocycles. The average Bonchev–Trinajstić information content (AvgIpc) is 2.84. The normalized spacial score (nSPS) is 10.7. The topological polar surface area (TPSA) is 141 Å². The molecule has 0 aliphatic rings. The van der Waals surface area contributed by atoms with Crippen LogP contribution in [0.5, 0.6) is 11.5 Å². The molecule has 0 radical (unpaired) electrons. The van der Waals surface area contributed by atoms with E-state index >= 15 is 0 Å². The average molecular weight is 495 g/mol. The third-order valence-corrected chi connectivity index (χ3v) is 5.10. The Balaban J connectivity index is 1.60. The van der Waals surface area contributed by atoms with E-state index in [9.17, 15) is 14.4 Å². The number of aromatic carboxylic acids is 1. The summed E-state index contributed by atoms with van der Waals surface area (Å²) in [6.45, 7) is 1.92. The van der Waals surface area contributed by atoms with Gasteiger partial charge in [0.15, 0.2) is 5.69 Å². The Morgan fingerprint density at radius 2 is 1.83 bits per heavy atom. The first-order chi connectivity index (χ1) is 16.8. The number of carbonyl (C=O) groups is 1. The van der Waals surface area contributed by atoms with Crippen LogP contribution < -0.4 is 21.4 Å². The van der Waals surface area contributed by atoms with Gasteiger partial charge in [0, 0.05) is 30.7 Å². The van der Waals surface area contributed by atoms with Crippen LogP contribution in [0.4, 0.5) is 11.6 Å². The first-order valence-electron chi connectivity index (χ1n) is 10.4. The molecule has 0 bridgehead atoms. The molecule has 3 heterocycles. The van der Waals surface area contributed by atoms with Gasteiger partial charge in [0.2, 0.25) is 5.95 Å². The smallest absolute Gasteiger partial charge is 0.354 e. The largest absolute Gasteiger partial charge is 0.477 e. The van der Waals surface area contributed by atoms with E-state index in [1.807, 2.05) is 0 Å². The zero-order valence-corrected chi connectivity index (χ0v) is 19.1. The first-order valence-corrected chi connectivity index (χ1v) is 10.8. The number of carboxylic acids is 1. The molecule has 0 saturated carbocycles. The summed E-state index contributed by atoms with van der Waals surface area (Å²) in [7, 11) is 0. The van der Waals surface area contributed by atoms with Crippen LogP contribution in [-0.2, 0) is 13.1 Å². The van der Waals surface area contributed by atoms with E-state index in [1.165, 1.54) is 29.1 Å². The molecule has 0 spiro atoms. The highest BCUT2D eigenvalue weighted by atomic mass is 35.5. The molecule has 3 aromatic heterocycles. The summed E-state index contributed by atoms with van der Waals surface area (Å²) in [4.78, 5) is 48.4. The summed E-state index contributed by atoms with van der Waals surface area (Å²) in [6.07, 6.45) is 2.81. The number of halogens is 1. The van der Waals surface area contributed by atoms with E-state index in [1.54, 1.807) is 43.3 Å². The molecule has 0 aliphatic heterocycles. The number of hydrogen-bond donors (Lipinski definition) is 2. The Morgan fingerprint density at radius 3 is 2.49 bits per heavy atom. The SMILES string of the molecule is CCn1c(=O)nc(Nc2ccc(Oc3ccnc(C(=O)O)c3)cc2)n(Cc2ccc(Cl)cn2)c1=O. The highest BCUT2D eigenvalue weighted by Crippen LogP contribution is 2.24. The molecule has 0 fully saturated rings. The maximum Gasteiger partial charge on any atom is 0.354 e. The maximum absolute atomic E-state index is 13.0. The number of aromatic nitrogens is 5. The van der Waals surface area contributed by atoms with E-state index in [-0.39, 0.29) is 24.7 Å². The molecule has 4 rings (SSSR count). The lowest BCUT2D eigenvalue weighted by molar-refractivity contribution is 0.0690. The number of benzene rings is 1. The molecule has 2 N–H and O–H groups in total. The van der Waals surface area contributed by atoms with E-state index < -0.39 is 17.3 Å². The predicted molar refractivity (Wildman–Crippen MR) is 128 cm³/mol. The van der Waals surface area contributed by atoms with E-state index in [2.05, 4.69) is 20.3 Å². The lowest BCUT2D eigenvalue weighted by atomic mass is 10.3. The van der Waals surface area contributed by atoms with Crippen molar-refractivity contribution in [1.29, 1.82) is 0 Å². The summed E-state index contributed by atoms with van der Waals surface area (Å²) in [5, 5.41) is 12.5. The Morgan fingerprint density at radius 1 is 1.06 bits per heavy atom. The third-order valence-electron chi connectivity index (χ3n) is 4.87. The minimum absolute atomic E-state index is 0.0513. The summed E-state index contributed by atoms with van der Waals surface area (Å²) in [5.74, 6) is -0.356. The summed E-state index contributed by atoms with van der Waals surface area (Å²) >= 11 is 5.90. The molecule has 35 heavy (non-hydrogen) atoms. The second-order valence-electron chi connectivity index (χ2n) is 7.23. The van der Waals surface area contributed by atoms with Gasteiger partial charge in [-0.25, -0.2) is 23.9 Å². The molecule has 178 valence electrons. The standard InChI is InChI=1S/C23H19ClN6O5/c1-2-29-22(33)28-21(30(23(29)34)13-16-4-3-14(24)12-26-16)27-15-5-7-17(8-6-15)35-18-9-10-25-19(11-18)20(31)32/h3-12H,2,13H2,1H3,(H,31,32)(H,27,28,33). The number of ether oxygens (including phenoxy) is 1. The van der Waals surface area contributed by atoms with Crippen molar-refractivity contribution in [2.45, 2.75) is 20.0 Å². The summed E-state index contributed by atoms with van der Waals surface area (Å²) < 4.78 is 8.02. The van der Waals surface area contributed by atoms with Crippen LogP contribution >= 0.6 is 11.6 Å². The van der Waals surface area contributed by atoms with Gasteiger partial charge in [-0.05, 0) is 49.4 Å². The highest BCUT2D eigenvalue weighted by molar-refractivity contribution is 6.30. The van der Waals surface area contributed by atoms with Gasteiger partial charge in [-0.2, -0.15) is 4.98 Å². The number of pyridine rings is 2. The molecular weight excluding hydrogens is 476 g/mol. The molecule has 0 unspecified atom stereocenters. The lowest BCUT2D eigenvalue weighted by Crippen LogP contribution is -2.42. The van der Waals surface area contributed by atoms with Crippen LogP contribution in [0.15, 0.2) is 70.5 Å². The Kier molecular flexibility index (Phi) is 6.88. The fraction of sp³-hybridized carbons (Fsp3) is 0.130. The van der Waals surface area contributed by atoms with Crippen LogP contribution in [0.3, 0.4) is 0 Å². The first kappa shape index (κ1) is 23.6. The third kappa shape index (κ3) is 5.53. The van der Waals surface area contributed by atoms with Gasteiger partial charge in [0.05, 0.1) is 17.3 Å². The van der Waals surface area contributed by atoms with Crippen LogP contribution in [0.1, 0.15) is 23.1 Å². The predicted octanol–water partition coefficient (Wildman–Crippen LogP) is 3.15. The maximum atomic E-state index is 13.0. The lowest BCUT2D eigenvalue weighted by Gasteiger charge is -2.15. The zero-order chi connectivity index (χ0) is 24.9. The number of carboxylic acid groups (broad SMARTS) is 1. The van der Waals surface area contributed by atoms with Gasteiger partial charge < -0.3 is 15.2 Å². The Bertz CT molecular complexity index is 1480. The number of anilines is 2. The second kappa shape index (κ2) is 10.2. The Hall–Kier alpha value is -4.51. The van der Waals surface area contributed by atoms with Gasteiger partial charge >= 0.3 is 17.3 Å². The molecule has 1 aromatic carbocycles. The molecule has 0 saturated heterocycles. The summed E-state index contributed by atoms with van der Waals surface area (Å²) in [5.41, 5.74) is -0.242. The second-order valence-corrected chi connectivity index (χ2v) is 7.67. The fourth-order valence-corrected chi connectivity index (χ4v) is 3.27. The molecule has 0 amide bonds. The van der Waals surface area contributed by atoms with Gasteiger partial charge in [-0.15, -0.1) is 0 Å². The van der Waals surface area contributed by atoms with Crippen molar-refractivity contribution < 1.29 is 14.6 Å². The van der Waals surface area contributed by atoms with Crippen LogP contribution in [-0.4, -0.2) is 35.2 Å². The van der Waals surface area contributed by atoms with Crippen LogP contribution in [0, 0.1) is 0 Å². The number of nitrogens with zero attached hydrogens (tertiary/aromatic N) is 5. The van der Waals surface area contributed by atoms with Crippen molar-refractivity contribution in [2.24, 2.45) is 0 Å². The van der Waals surface area contributed by atoms with Crippen LogP contribution in [0.25, 0.3) is 0 Å². The van der Waals surface area contributed by atoms with E-state index in [4.69, 9.17) is 21.4 Å². The van der Waals surface area contributed by atoms with Crippen molar-refractivity contribution in [3.05, 3.63) is 98.3 Å². The fourth-order valence-electron chi connectivity index (χ4n) is 3.16. The molecule has 0 atom stereocenters. The van der Waals surface area contributed by atoms with Gasteiger partial charge in [0.25, 0.3) is 0 Å². The zero-order valence-electron chi connectivity index (χ0n) is 18.4. The number of nitrogens with one attached hydrogen (secondary N) is 1. The molecular formula is C23H19ClN6O5. The van der Waals surface area contributed by atoms with Gasteiger partial charge in [-0.1, -0.05) is 11.6 Å². The van der Waals surface area contributed by atoms with Gasteiger partial charge in [0.1, 0.15) is 11.5 Å². The minimum Gasteiger partial charge on any atom is -0.477 e. The van der Waals surface area contributed by atoms with Crippen molar-refractivity contribution in [1.82, 2.24) is 24.1 Å². The van der Waals surface area contributed by atoms with Gasteiger partial charge in [-0.3, -0.25) is 9.55 Å². The summed E-state index contributed by atoms with van der Waals surface area (Å²) in [6, 6.07) is 12.8. The molecule has 4 aromatic rings. The highest BCUT2D eigenvalue weighted by Gasteiger charge is 2.14. The minimum atomic E-state index is -1.16. The monoisotopic (exact) mass is 494 g/mol. The van der Waals surface area contributed by atoms with E-state index in [0.717, 1.165) is 4.57 Å². The van der Waals surface area contributed by atoms with Crippen molar-refractivity contribution in [3.63, 3.8) is 0 Å². The van der Waals surface area contributed by atoms with Crippen molar-refractivity contribution in [3.8, 4) is 11.5 Å². The molecule has 11 nitrogen and oxygen atoms in total. The Labute approximate surface area is 203 Å².